The van der Waals surface area contributed by atoms with E-state index in [4.69, 9.17) is 5.73 Å². The van der Waals surface area contributed by atoms with Gasteiger partial charge in [-0.3, -0.25) is 4.90 Å². The van der Waals surface area contributed by atoms with Crippen LogP contribution in [0.5, 0.6) is 0 Å². The largest absolute Gasteiger partial charge is 0.327 e. The lowest BCUT2D eigenvalue weighted by molar-refractivity contribution is 0.0890. The summed E-state index contributed by atoms with van der Waals surface area (Å²) >= 11 is 0. The molecule has 3 atom stereocenters. The van der Waals surface area contributed by atoms with Crippen LogP contribution in [-0.2, 0) is 6.42 Å². The predicted molar refractivity (Wildman–Crippen MR) is 77.6 cm³/mol. The second-order valence-electron chi connectivity index (χ2n) is 5.84. The Kier molecular flexibility index (Phi) is 4.94. The van der Waals surface area contributed by atoms with Crippen LogP contribution in [0.15, 0.2) is 24.3 Å². The van der Waals surface area contributed by atoms with E-state index < -0.39 is 0 Å². The maximum absolute atomic E-state index is 13.2. The molecule has 2 nitrogen and oxygen atoms in total. The standard InChI is InChI=1S/C16H25FN2/c1-12(10-14-6-5-7-15(17)11-14)19-9-4-3-8-16(19)13(2)18/h5-7,11-13,16H,3-4,8-10,18H2,1-2H3. The molecular formula is C16H25FN2. The summed E-state index contributed by atoms with van der Waals surface area (Å²) in [6.45, 7) is 5.44. The first-order valence-corrected chi connectivity index (χ1v) is 7.33. The summed E-state index contributed by atoms with van der Waals surface area (Å²) in [5.41, 5.74) is 7.18. The van der Waals surface area contributed by atoms with E-state index in [0.717, 1.165) is 18.5 Å². The van der Waals surface area contributed by atoms with Crippen LogP contribution >= 0.6 is 0 Å². The molecule has 1 aliphatic rings. The average molecular weight is 264 g/mol. The molecule has 2 rings (SSSR count). The van der Waals surface area contributed by atoms with E-state index in [2.05, 4.69) is 18.7 Å². The summed E-state index contributed by atoms with van der Waals surface area (Å²) in [7, 11) is 0. The fraction of sp³-hybridized carbons (Fsp3) is 0.625. The van der Waals surface area contributed by atoms with Crippen LogP contribution in [0.25, 0.3) is 0 Å². The van der Waals surface area contributed by atoms with Gasteiger partial charge in [-0.2, -0.15) is 0 Å². The zero-order valence-corrected chi connectivity index (χ0v) is 12.0. The number of hydrogen-bond acceptors (Lipinski definition) is 2. The topological polar surface area (TPSA) is 29.3 Å². The molecule has 19 heavy (non-hydrogen) atoms. The lowest BCUT2D eigenvalue weighted by Gasteiger charge is -2.42. The van der Waals surface area contributed by atoms with Gasteiger partial charge >= 0.3 is 0 Å². The smallest absolute Gasteiger partial charge is 0.123 e. The fourth-order valence-corrected chi connectivity index (χ4v) is 3.21. The number of piperidine rings is 1. The Morgan fingerprint density at radius 2 is 2.16 bits per heavy atom. The lowest BCUT2D eigenvalue weighted by Crippen LogP contribution is -2.53. The van der Waals surface area contributed by atoms with Gasteiger partial charge in [-0.15, -0.1) is 0 Å². The molecule has 1 aromatic rings. The van der Waals surface area contributed by atoms with Crippen LogP contribution in [0.2, 0.25) is 0 Å². The quantitative estimate of drug-likeness (QED) is 0.906. The second-order valence-corrected chi connectivity index (χ2v) is 5.84. The van der Waals surface area contributed by atoms with Gasteiger partial charge in [0, 0.05) is 18.1 Å². The van der Waals surface area contributed by atoms with Crippen LogP contribution in [-0.4, -0.2) is 29.6 Å². The minimum Gasteiger partial charge on any atom is -0.327 e. The Labute approximate surface area is 115 Å². The minimum absolute atomic E-state index is 0.146. The highest BCUT2D eigenvalue weighted by Crippen LogP contribution is 2.23. The minimum atomic E-state index is -0.146. The SMILES string of the molecule is CC(N)C1CCCCN1C(C)Cc1cccc(F)c1. The average Bonchev–Trinajstić information content (AvgIpc) is 2.38. The van der Waals surface area contributed by atoms with Crippen molar-refractivity contribution in [2.24, 2.45) is 5.73 Å². The van der Waals surface area contributed by atoms with Gasteiger partial charge in [0.05, 0.1) is 0 Å². The van der Waals surface area contributed by atoms with Gasteiger partial charge < -0.3 is 5.73 Å². The number of nitrogens with two attached hydrogens (primary N) is 1. The molecule has 0 amide bonds. The molecule has 3 heteroatoms. The maximum atomic E-state index is 13.2. The summed E-state index contributed by atoms with van der Waals surface area (Å²) in [6, 6.07) is 8.02. The fourth-order valence-electron chi connectivity index (χ4n) is 3.21. The maximum Gasteiger partial charge on any atom is 0.123 e. The number of hydrogen-bond donors (Lipinski definition) is 1. The van der Waals surface area contributed by atoms with Crippen molar-refractivity contribution < 1.29 is 4.39 Å². The van der Waals surface area contributed by atoms with Crippen LogP contribution < -0.4 is 5.73 Å². The Hall–Kier alpha value is -0.930. The van der Waals surface area contributed by atoms with Crippen LogP contribution in [0.3, 0.4) is 0 Å². The third kappa shape index (κ3) is 3.77. The number of likely N-dealkylation sites (tertiary alicyclic amines) is 1. The normalized spacial score (nSPS) is 24.1. The second kappa shape index (κ2) is 6.49. The molecule has 0 spiro atoms. The van der Waals surface area contributed by atoms with Gasteiger partial charge in [0.2, 0.25) is 0 Å². The highest BCUT2D eigenvalue weighted by molar-refractivity contribution is 5.17. The molecule has 0 bridgehead atoms. The van der Waals surface area contributed by atoms with Gasteiger partial charge in [0.15, 0.2) is 0 Å². The molecule has 1 fully saturated rings. The third-order valence-corrected chi connectivity index (χ3v) is 4.19. The van der Waals surface area contributed by atoms with E-state index in [9.17, 15) is 4.39 Å². The van der Waals surface area contributed by atoms with Crippen molar-refractivity contribution in [1.82, 2.24) is 4.90 Å². The van der Waals surface area contributed by atoms with Crippen LogP contribution in [0.1, 0.15) is 38.7 Å². The van der Waals surface area contributed by atoms with Crippen LogP contribution in [0, 0.1) is 5.82 Å². The van der Waals surface area contributed by atoms with Crippen molar-refractivity contribution in [3.63, 3.8) is 0 Å². The van der Waals surface area contributed by atoms with E-state index >= 15 is 0 Å². The van der Waals surface area contributed by atoms with Gasteiger partial charge in [0.25, 0.3) is 0 Å². The van der Waals surface area contributed by atoms with Gasteiger partial charge in [-0.1, -0.05) is 18.6 Å². The zero-order chi connectivity index (χ0) is 13.8. The van der Waals surface area contributed by atoms with E-state index in [1.807, 2.05) is 6.07 Å². The molecule has 2 N–H and O–H groups in total. The summed E-state index contributed by atoms with van der Waals surface area (Å²) in [5, 5.41) is 0. The van der Waals surface area contributed by atoms with Crippen molar-refractivity contribution >= 4 is 0 Å². The van der Waals surface area contributed by atoms with Crippen LogP contribution in [0.4, 0.5) is 4.39 Å². The Morgan fingerprint density at radius 3 is 2.84 bits per heavy atom. The molecule has 0 aliphatic carbocycles. The number of nitrogens with zero attached hydrogens (tertiary/aromatic N) is 1. The predicted octanol–water partition coefficient (Wildman–Crippen LogP) is 2.96. The molecule has 0 radical (unpaired) electrons. The number of halogens is 1. The van der Waals surface area contributed by atoms with Crippen molar-refractivity contribution in [1.29, 1.82) is 0 Å². The zero-order valence-electron chi connectivity index (χ0n) is 12.0. The van der Waals surface area contributed by atoms with Gasteiger partial charge in [-0.05, 0) is 57.4 Å². The van der Waals surface area contributed by atoms with E-state index in [1.165, 1.54) is 25.3 Å². The first-order valence-electron chi connectivity index (χ1n) is 7.33. The number of rotatable bonds is 4. The first kappa shape index (κ1) is 14.5. The Morgan fingerprint density at radius 1 is 1.37 bits per heavy atom. The molecule has 1 aliphatic heterocycles. The van der Waals surface area contributed by atoms with Crippen molar-refractivity contribution in [3.05, 3.63) is 35.6 Å². The van der Waals surface area contributed by atoms with E-state index in [1.54, 1.807) is 12.1 Å². The molecular weight excluding hydrogens is 239 g/mol. The number of benzene rings is 1. The summed E-state index contributed by atoms with van der Waals surface area (Å²) < 4.78 is 13.2. The molecule has 1 aromatic carbocycles. The molecule has 1 saturated heterocycles. The van der Waals surface area contributed by atoms with Crippen molar-refractivity contribution in [3.8, 4) is 0 Å². The van der Waals surface area contributed by atoms with E-state index in [0.29, 0.717) is 12.1 Å². The molecule has 106 valence electrons. The summed E-state index contributed by atoms with van der Waals surface area (Å²) in [4.78, 5) is 2.51. The molecule has 0 aromatic heterocycles. The van der Waals surface area contributed by atoms with Crippen molar-refractivity contribution in [2.45, 2.75) is 57.7 Å². The highest BCUT2D eigenvalue weighted by Gasteiger charge is 2.28. The highest BCUT2D eigenvalue weighted by atomic mass is 19.1. The Balaban J connectivity index is 2.03. The molecule has 1 heterocycles. The van der Waals surface area contributed by atoms with Gasteiger partial charge in [-0.25, -0.2) is 4.39 Å². The molecule has 0 saturated carbocycles. The molecule has 3 unspecified atom stereocenters. The Bertz CT molecular complexity index is 405. The monoisotopic (exact) mass is 264 g/mol. The van der Waals surface area contributed by atoms with Gasteiger partial charge in [0.1, 0.15) is 5.82 Å². The van der Waals surface area contributed by atoms with Crippen molar-refractivity contribution in [2.75, 3.05) is 6.54 Å². The summed E-state index contributed by atoms with van der Waals surface area (Å²) in [5.74, 6) is -0.146. The third-order valence-electron chi connectivity index (χ3n) is 4.19. The summed E-state index contributed by atoms with van der Waals surface area (Å²) in [6.07, 6.45) is 4.60. The first-order chi connectivity index (χ1) is 9.08. The van der Waals surface area contributed by atoms with E-state index in [-0.39, 0.29) is 11.9 Å². The lowest BCUT2D eigenvalue weighted by atomic mass is 9.93.